The van der Waals surface area contributed by atoms with E-state index >= 15 is 0 Å². The fraction of sp³-hybridized carbons (Fsp3) is 0.0417. The van der Waals surface area contributed by atoms with Crippen molar-refractivity contribution in [2.24, 2.45) is 0 Å². The van der Waals surface area contributed by atoms with Crippen LogP contribution in [0.2, 0.25) is 5.02 Å². The van der Waals surface area contributed by atoms with Crippen LogP contribution >= 0.6 is 11.6 Å². The molecule has 0 aliphatic rings. The zero-order chi connectivity index (χ0) is 24.3. The monoisotopic (exact) mass is 495 g/mol. The predicted octanol–water partition coefficient (Wildman–Crippen LogP) is 4.90. The van der Waals surface area contributed by atoms with E-state index < -0.39 is 21.7 Å². The SMILES string of the molecule is CS(=O)(=O)c1cccc(C(=O)Nc2ccc(NC(=O)c3cc(-c4ccccc4)no3)cc2Cl)c1. The minimum absolute atomic E-state index is 0.0260. The molecule has 0 bridgehead atoms. The molecule has 2 amide bonds. The average Bonchev–Trinajstić information content (AvgIpc) is 3.31. The topological polar surface area (TPSA) is 118 Å². The molecule has 1 heterocycles. The molecule has 1 aromatic heterocycles. The molecule has 0 unspecified atom stereocenters. The first-order valence-corrected chi connectivity index (χ1v) is 12.2. The molecule has 0 spiro atoms. The molecule has 0 radical (unpaired) electrons. The normalized spacial score (nSPS) is 11.1. The molecule has 8 nitrogen and oxygen atoms in total. The third-order valence-electron chi connectivity index (χ3n) is 4.80. The molecule has 0 fully saturated rings. The minimum Gasteiger partial charge on any atom is -0.350 e. The first kappa shape index (κ1) is 23.2. The second-order valence-corrected chi connectivity index (χ2v) is 9.77. The molecule has 4 aromatic rings. The number of nitrogens with one attached hydrogen (secondary N) is 2. The van der Waals surface area contributed by atoms with Gasteiger partial charge in [0, 0.05) is 29.1 Å². The van der Waals surface area contributed by atoms with Gasteiger partial charge in [0.2, 0.25) is 5.76 Å². The fourth-order valence-electron chi connectivity index (χ4n) is 3.08. The van der Waals surface area contributed by atoms with Crippen molar-refractivity contribution in [1.29, 1.82) is 0 Å². The second kappa shape index (κ2) is 9.50. The predicted molar refractivity (Wildman–Crippen MR) is 129 cm³/mol. The van der Waals surface area contributed by atoms with Gasteiger partial charge < -0.3 is 15.2 Å². The number of rotatable bonds is 6. The van der Waals surface area contributed by atoms with Crippen molar-refractivity contribution in [2.45, 2.75) is 4.90 Å². The van der Waals surface area contributed by atoms with Crippen LogP contribution in [0.4, 0.5) is 11.4 Å². The summed E-state index contributed by atoms with van der Waals surface area (Å²) in [5.74, 6) is -1.02. The van der Waals surface area contributed by atoms with Crippen LogP contribution < -0.4 is 10.6 Å². The Bertz CT molecular complexity index is 1480. The molecule has 2 N–H and O–H groups in total. The Kier molecular flexibility index (Phi) is 6.49. The lowest BCUT2D eigenvalue weighted by atomic mass is 10.1. The Morgan fingerprint density at radius 2 is 1.65 bits per heavy atom. The summed E-state index contributed by atoms with van der Waals surface area (Å²) in [5, 5.41) is 9.39. The van der Waals surface area contributed by atoms with Gasteiger partial charge in [-0.25, -0.2) is 8.42 Å². The summed E-state index contributed by atoms with van der Waals surface area (Å²) in [6, 6.07) is 21.0. The molecule has 0 saturated heterocycles. The van der Waals surface area contributed by atoms with Crippen molar-refractivity contribution in [2.75, 3.05) is 16.9 Å². The second-order valence-electron chi connectivity index (χ2n) is 7.35. The highest BCUT2D eigenvalue weighted by Crippen LogP contribution is 2.27. The molecule has 0 saturated carbocycles. The van der Waals surface area contributed by atoms with Gasteiger partial charge in [-0.2, -0.15) is 0 Å². The van der Waals surface area contributed by atoms with Gasteiger partial charge in [0.1, 0.15) is 5.69 Å². The number of halogens is 1. The number of aromatic nitrogens is 1. The van der Waals surface area contributed by atoms with Crippen LogP contribution in [0.1, 0.15) is 20.9 Å². The molecule has 0 aliphatic heterocycles. The van der Waals surface area contributed by atoms with E-state index in [0.29, 0.717) is 17.1 Å². The zero-order valence-electron chi connectivity index (χ0n) is 17.8. The van der Waals surface area contributed by atoms with E-state index in [4.69, 9.17) is 16.1 Å². The number of amides is 2. The van der Waals surface area contributed by atoms with E-state index in [1.165, 1.54) is 42.5 Å². The third kappa shape index (κ3) is 5.33. The Hall–Kier alpha value is -3.95. The summed E-state index contributed by atoms with van der Waals surface area (Å²) >= 11 is 6.28. The van der Waals surface area contributed by atoms with E-state index in [2.05, 4.69) is 15.8 Å². The van der Waals surface area contributed by atoms with E-state index in [-0.39, 0.29) is 21.2 Å². The molecule has 172 valence electrons. The summed E-state index contributed by atoms with van der Waals surface area (Å²) in [6.45, 7) is 0. The van der Waals surface area contributed by atoms with Crippen LogP contribution in [0.5, 0.6) is 0 Å². The van der Waals surface area contributed by atoms with Gasteiger partial charge in [0.15, 0.2) is 9.84 Å². The van der Waals surface area contributed by atoms with Crippen molar-refractivity contribution in [1.82, 2.24) is 5.16 Å². The smallest absolute Gasteiger partial charge is 0.294 e. The van der Waals surface area contributed by atoms with Gasteiger partial charge in [-0.05, 0) is 36.4 Å². The number of nitrogens with zero attached hydrogens (tertiary/aromatic N) is 1. The highest BCUT2D eigenvalue weighted by atomic mass is 35.5. The Balaban J connectivity index is 1.45. The number of benzene rings is 3. The van der Waals surface area contributed by atoms with Crippen LogP contribution in [-0.4, -0.2) is 31.6 Å². The summed E-state index contributed by atoms with van der Waals surface area (Å²) in [6.07, 6.45) is 1.06. The number of hydrogen-bond acceptors (Lipinski definition) is 6. The lowest BCUT2D eigenvalue weighted by Gasteiger charge is -2.10. The Morgan fingerprint density at radius 3 is 2.35 bits per heavy atom. The van der Waals surface area contributed by atoms with E-state index in [1.807, 2.05) is 30.3 Å². The largest absolute Gasteiger partial charge is 0.350 e. The molecule has 34 heavy (non-hydrogen) atoms. The van der Waals surface area contributed by atoms with Crippen LogP contribution in [0.15, 0.2) is 88.3 Å². The highest BCUT2D eigenvalue weighted by molar-refractivity contribution is 7.90. The third-order valence-corrected chi connectivity index (χ3v) is 6.23. The molecular formula is C24H18ClN3O5S. The van der Waals surface area contributed by atoms with Gasteiger partial charge in [-0.1, -0.05) is 53.2 Å². The Labute approximate surface area is 200 Å². The number of carbonyl (C=O) groups is 2. The zero-order valence-corrected chi connectivity index (χ0v) is 19.4. The fourth-order valence-corrected chi connectivity index (χ4v) is 3.97. The van der Waals surface area contributed by atoms with Gasteiger partial charge in [-0.3, -0.25) is 9.59 Å². The summed E-state index contributed by atoms with van der Waals surface area (Å²) in [5.41, 5.74) is 2.18. The molecule has 4 rings (SSSR count). The molecule has 0 aliphatic carbocycles. The minimum atomic E-state index is -3.45. The number of sulfone groups is 1. The standard InChI is InChI=1S/C24H18ClN3O5S/c1-34(31,32)18-9-5-8-16(12-18)23(29)27-20-11-10-17(13-19(20)25)26-24(30)22-14-21(28-33-22)15-6-3-2-4-7-15/h2-14H,1H3,(H,26,30)(H,27,29). The number of carbonyl (C=O) groups excluding carboxylic acids is 2. The summed E-state index contributed by atoms with van der Waals surface area (Å²) in [7, 11) is -3.45. The van der Waals surface area contributed by atoms with Crippen LogP contribution in [0.3, 0.4) is 0 Å². The highest BCUT2D eigenvalue weighted by Gasteiger charge is 2.16. The Morgan fingerprint density at radius 1 is 0.882 bits per heavy atom. The van der Waals surface area contributed by atoms with Crippen molar-refractivity contribution < 1.29 is 22.5 Å². The summed E-state index contributed by atoms with van der Waals surface area (Å²) in [4.78, 5) is 25.1. The van der Waals surface area contributed by atoms with E-state index in [0.717, 1.165) is 11.8 Å². The van der Waals surface area contributed by atoms with E-state index in [1.54, 1.807) is 6.07 Å². The molecule has 3 aromatic carbocycles. The van der Waals surface area contributed by atoms with Gasteiger partial charge >= 0.3 is 0 Å². The molecular weight excluding hydrogens is 478 g/mol. The summed E-state index contributed by atoms with van der Waals surface area (Å²) < 4.78 is 28.6. The maximum atomic E-state index is 12.6. The number of hydrogen-bond donors (Lipinski definition) is 2. The maximum absolute atomic E-state index is 12.6. The molecule has 10 heteroatoms. The van der Waals surface area contributed by atoms with Crippen molar-refractivity contribution in [3.05, 3.63) is 95.2 Å². The first-order chi connectivity index (χ1) is 16.2. The van der Waals surface area contributed by atoms with Crippen LogP contribution in [0.25, 0.3) is 11.3 Å². The van der Waals surface area contributed by atoms with Crippen LogP contribution in [0, 0.1) is 0 Å². The van der Waals surface area contributed by atoms with Crippen molar-refractivity contribution in [3.63, 3.8) is 0 Å². The quantitative estimate of drug-likeness (QED) is 0.392. The first-order valence-electron chi connectivity index (χ1n) is 9.95. The maximum Gasteiger partial charge on any atom is 0.294 e. The lowest BCUT2D eigenvalue weighted by molar-refractivity contribution is 0.0986. The van der Waals surface area contributed by atoms with Crippen molar-refractivity contribution in [3.8, 4) is 11.3 Å². The lowest BCUT2D eigenvalue weighted by Crippen LogP contribution is -2.14. The van der Waals surface area contributed by atoms with Crippen LogP contribution in [-0.2, 0) is 9.84 Å². The van der Waals surface area contributed by atoms with Crippen molar-refractivity contribution >= 4 is 44.6 Å². The van der Waals surface area contributed by atoms with E-state index in [9.17, 15) is 18.0 Å². The average molecular weight is 496 g/mol. The van der Waals surface area contributed by atoms with Gasteiger partial charge in [-0.15, -0.1) is 0 Å². The van der Waals surface area contributed by atoms with Gasteiger partial charge in [0.25, 0.3) is 11.8 Å². The molecule has 0 atom stereocenters. The van der Waals surface area contributed by atoms with Gasteiger partial charge in [0.05, 0.1) is 15.6 Å². The number of anilines is 2.